The number of benzene rings is 1. The lowest BCUT2D eigenvalue weighted by Gasteiger charge is -2.11. The molecule has 0 aliphatic heterocycles. The first kappa shape index (κ1) is 14.8. The molecule has 0 unspecified atom stereocenters. The molecule has 3 rings (SSSR count). The van der Waals surface area contributed by atoms with Gasteiger partial charge in [0.1, 0.15) is 12.4 Å². The number of nitrogens with one attached hydrogen (secondary N) is 1. The van der Waals surface area contributed by atoms with E-state index in [4.69, 9.17) is 16.3 Å². The molecular weight excluding hydrogens is 352 g/mol. The molecular formula is C16H16BrClN2O. The highest BCUT2D eigenvalue weighted by Crippen LogP contribution is 2.28. The molecule has 0 atom stereocenters. The fourth-order valence-electron chi connectivity index (χ4n) is 2.00. The largest absolute Gasteiger partial charge is 0.488 e. The van der Waals surface area contributed by atoms with E-state index < -0.39 is 0 Å². The zero-order valence-corrected chi connectivity index (χ0v) is 13.8. The molecule has 2 aromatic rings. The second-order valence-electron chi connectivity index (χ2n) is 5.18. The standard InChI is InChI=1S/C16H16BrClN2O/c17-14-7-11(8-20-13-2-3-13)1-4-16(14)21-10-12-5-6-19-9-15(12)18/h1,4-7,9,13,20H,2-3,8,10H2. The Morgan fingerprint density at radius 2 is 2.19 bits per heavy atom. The summed E-state index contributed by atoms with van der Waals surface area (Å²) in [5.74, 6) is 0.818. The van der Waals surface area contributed by atoms with Crippen LogP contribution >= 0.6 is 27.5 Å². The van der Waals surface area contributed by atoms with Crippen LogP contribution in [0.25, 0.3) is 0 Å². The highest BCUT2D eigenvalue weighted by Gasteiger charge is 2.20. The van der Waals surface area contributed by atoms with Crippen molar-refractivity contribution in [3.8, 4) is 5.75 Å². The van der Waals surface area contributed by atoms with Gasteiger partial charge in [0.05, 0.1) is 9.50 Å². The topological polar surface area (TPSA) is 34.1 Å². The Hall–Kier alpha value is -1.10. The summed E-state index contributed by atoms with van der Waals surface area (Å²) in [4.78, 5) is 3.97. The SMILES string of the molecule is Clc1cnccc1COc1ccc(CNC2CC2)cc1Br. The van der Waals surface area contributed by atoms with Crippen molar-refractivity contribution in [3.63, 3.8) is 0 Å². The van der Waals surface area contributed by atoms with E-state index in [1.165, 1.54) is 18.4 Å². The summed E-state index contributed by atoms with van der Waals surface area (Å²) in [5, 5.41) is 4.12. The maximum Gasteiger partial charge on any atom is 0.134 e. The molecule has 1 aromatic carbocycles. The van der Waals surface area contributed by atoms with E-state index in [-0.39, 0.29) is 0 Å². The third kappa shape index (κ3) is 4.19. The summed E-state index contributed by atoms with van der Waals surface area (Å²) in [6.45, 7) is 1.33. The smallest absolute Gasteiger partial charge is 0.134 e. The number of halogens is 2. The van der Waals surface area contributed by atoms with Crippen LogP contribution in [0.1, 0.15) is 24.0 Å². The van der Waals surface area contributed by atoms with Crippen molar-refractivity contribution in [2.75, 3.05) is 0 Å². The molecule has 110 valence electrons. The van der Waals surface area contributed by atoms with Crippen LogP contribution in [0, 0.1) is 0 Å². The fourth-order valence-corrected chi connectivity index (χ4v) is 2.71. The molecule has 0 bridgehead atoms. The van der Waals surface area contributed by atoms with Crippen molar-refractivity contribution >= 4 is 27.5 Å². The molecule has 0 spiro atoms. The fraction of sp³-hybridized carbons (Fsp3) is 0.312. The van der Waals surface area contributed by atoms with Gasteiger partial charge in [-0.3, -0.25) is 4.98 Å². The van der Waals surface area contributed by atoms with Crippen molar-refractivity contribution in [2.24, 2.45) is 0 Å². The maximum absolute atomic E-state index is 6.07. The third-order valence-corrected chi connectivity index (χ3v) is 4.37. The van der Waals surface area contributed by atoms with Gasteiger partial charge in [-0.05, 0) is 52.5 Å². The van der Waals surface area contributed by atoms with Crippen LogP contribution in [-0.2, 0) is 13.2 Å². The Morgan fingerprint density at radius 3 is 2.90 bits per heavy atom. The van der Waals surface area contributed by atoms with Gasteiger partial charge in [0.15, 0.2) is 0 Å². The van der Waals surface area contributed by atoms with Crippen molar-refractivity contribution in [1.82, 2.24) is 10.3 Å². The first-order chi connectivity index (χ1) is 10.2. The van der Waals surface area contributed by atoms with Crippen molar-refractivity contribution in [1.29, 1.82) is 0 Å². The van der Waals surface area contributed by atoms with Gasteiger partial charge >= 0.3 is 0 Å². The van der Waals surface area contributed by atoms with Crippen LogP contribution in [0.15, 0.2) is 41.1 Å². The summed E-state index contributed by atoms with van der Waals surface area (Å²) in [6, 6.07) is 8.75. The zero-order valence-electron chi connectivity index (χ0n) is 11.5. The lowest BCUT2D eigenvalue weighted by Crippen LogP contribution is -2.15. The van der Waals surface area contributed by atoms with Gasteiger partial charge in [0.25, 0.3) is 0 Å². The molecule has 3 nitrogen and oxygen atoms in total. The van der Waals surface area contributed by atoms with Gasteiger partial charge in [-0.1, -0.05) is 17.7 Å². The minimum Gasteiger partial charge on any atom is -0.488 e. The molecule has 1 aliphatic carbocycles. The highest BCUT2D eigenvalue weighted by molar-refractivity contribution is 9.10. The molecule has 1 saturated carbocycles. The van der Waals surface area contributed by atoms with Gasteiger partial charge < -0.3 is 10.1 Å². The quantitative estimate of drug-likeness (QED) is 0.825. The van der Waals surface area contributed by atoms with E-state index in [1.54, 1.807) is 12.4 Å². The van der Waals surface area contributed by atoms with E-state index in [9.17, 15) is 0 Å². The second-order valence-corrected chi connectivity index (χ2v) is 6.44. The maximum atomic E-state index is 6.07. The van der Waals surface area contributed by atoms with Crippen molar-refractivity contribution < 1.29 is 4.74 Å². The molecule has 0 saturated heterocycles. The van der Waals surface area contributed by atoms with Crippen molar-refractivity contribution in [3.05, 3.63) is 57.3 Å². The van der Waals surface area contributed by atoms with Crippen LogP contribution in [0.5, 0.6) is 5.75 Å². The van der Waals surface area contributed by atoms with Gasteiger partial charge in [0.2, 0.25) is 0 Å². The average molecular weight is 368 g/mol. The number of hydrogen-bond acceptors (Lipinski definition) is 3. The van der Waals surface area contributed by atoms with Crippen LogP contribution in [0.4, 0.5) is 0 Å². The Morgan fingerprint density at radius 1 is 1.33 bits per heavy atom. The van der Waals surface area contributed by atoms with Crippen LogP contribution in [0.2, 0.25) is 5.02 Å². The molecule has 5 heteroatoms. The Labute approximate surface area is 137 Å². The lowest BCUT2D eigenvalue weighted by atomic mass is 10.2. The number of aromatic nitrogens is 1. The molecule has 1 N–H and O–H groups in total. The lowest BCUT2D eigenvalue weighted by molar-refractivity contribution is 0.304. The van der Waals surface area contributed by atoms with Crippen LogP contribution in [0.3, 0.4) is 0 Å². The van der Waals surface area contributed by atoms with E-state index in [2.05, 4.69) is 38.4 Å². The first-order valence-electron chi connectivity index (χ1n) is 6.95. The first-order valence-corrected chi connectivity index (χ1v) is 8.12. The highest BCUT2D eigenvalue weighted by atomic mass is 79.9. The van der Waals surface area contributed by atoms with E-state index in [1.807, 2.05) is 12.1 Å². The molecule has 1 heterocycles. The number of ether oxygens (including phenoxy) is 1. The molecule has 0 amide bonds. The molecule has 1 fully saturated rings. The minimum absolute atomic E-state index is 0.430. The summed E-state index contributed by atoms with van der Waals surface area (Å²) in [6.07, 6.45) is 5.94. The Balaban J connectivity index is 1.61. The summed E-state index contributed by atoms with van der Waals surface area (Å²) >= 11 is 9.63. The molecule has 0 radical (unpaired) electrons. The third-order valence-electron chi connectivity index (χ3n) is 3.41. The monoisotopic (exact) mass is 366 g/mol. The predicted octanol–water partition coefficient (Wildman–Crippen LogP) is 4.33. The van der Waals surface area contributed by atoms with E-state index in [0.29, 0.717) is 17.7 Å². The average Bonchev–Trinajstić information content (AvgIpc) is 3.30. The van der Waals surface area contributed by atoms with Gasteiger partial charge in [-0.2, -0.15) is 0 Å². The van der Waals surface area contributed by atoms with Gasteiger partial charge in [0, 0.05) is 30.5 Å². The van der Waals surface area contributed by atoms with Crippen molar-refractivity contribution in [2.45, 2.75) is 32.0 Å². The van der Waals surface area contributed by atoms with Crippen LogP contribution in [-0.4, -0.2) is 11.0 Å². The zero-order chi connectivity index (χ0) is 14.7. The Bertz CT molecular complexity index is 631. The van der Waals surface area contributed by atoms with E-state index in [0.717, 1.165) is 22.3 Å². The van der Waals surface area contributed by atoms with Gasteiger partial charge in [-0.15, -0.1) is 0 Å². The predicted molar refractivity (Wildman–Crippen MR) is 87.6 cm³/mol. The molecule has 1 aromatic heterocycles. The van der Waals surface area contributed by atoms with Crippen LogP contribution < -0.4 is 10.1 Å². The Kier molecular flexibility index (Phi) is 4.78. The summed E-state index contributed by atoms with van der Waals surface area (Å²) in [5.41, 5.74) is 2.18. The number of rotatable bonds is 6. The van der Waals surface area contributed by atoms with Gasteiger partial charge in [-0.25, -0.2) is 0 Å². The number of hydrogen-bond donors (Lipinski definition) is 1. The number of nitrogens with zero attached hydrogens (tertiary/aromatic N) is 1. The van der Waals surface area contributed by atoms with E-state index >= 15 is 0 Å². The summed E-state index contributed by atoms with van der Waals surface area (Å²) in [7, 11) is 0. The molecule has 1 aliphatic rings. The summed E-state index contributed by atoms with van der Waals surface area (Å²) < 4.78 is 6.78. The number of pyridine rings is 1. The molecule has 21 heavy (non-hydrogen) atoms. The minimum atomic E-state index is 0.430. The normalized spacial score (nSPS) is 14.2. The second kappa shape index (κ2) is 6.77.